The molecule has 2 aromatic rings. The van der Waals surface area contributed by atoms with Gasteiger partial charge >= 0.3 is 12.8 Å². The molecule has 37 heavy (non-hydrogen) atoms. The third kappa shape index (κ3) is 8.44. The Balaban J connectivity index is 2.18. The quantitative estimate of drug-likeness (QED) is 0.383. The average Bonchev–Trinajstić information content (AvgIpc) is 2.84. The minimum Gasteiger partial charge on any atom is -0.497 e. The molecule has 9 nitrogen and oxygen atoms in total. The van der Waals surface area contributed by atoms with Crippen molar-refractivity contribution in [1.29, 1.82) is 0 Å². The lowest BCUT2D eigenvalue weighted by molar-refractivity contribution is -0.170. The van der Waals surface area contributed by atoms with Crippen molar-refractivity contribution in [2.75, 3.05) is 13.7 Å². The van der Waals surface area contributed by atoms with Crippen molar-refractivity contribution in [3.8, 4) is 11.5 Å². The van der Waals surface area contributed by atoms with Crippen LogP contribution in [0.2, 0.25) is 0 Å². The number of nitrogens with one attached hydrogen (secondary N) is 3. The van der Waals surface area contributed by atoms with Crippen LogP contribution < -0.4 is 25.4 Å². The molecule has 0 radical (unpaired) electrons. The van der Waals surface area contributed by atoms with Gasteiger partial charge in [0, 0.05) is 0 Å². The molecular weight excluding hydrogens is 509 g/mol. The molecule has 3 N–H and O–H groups in total. The van der Waals surface area contributed by atoms with Crippen molar-refractivity contribution in [2.45, 2.75) is 31.8 Å². The van der Waals surface area contributed by atoms with Crippen LogP contribution in [0.25, 0.3) is 0 Å². The molecule has 0 spiro atoms. The van der Waals surface area contributed by atoms with Crippen LogP contribution in [0.15, 0.2) is 48.5 Å². The van der Waals surface area contributed by atoms with E-state index in [1.807, 2.05) is 5.32 Å². The van der Waals surface area contributed by atoms with Gasteiger partial charge in [0.15, 0.2) is 0 Å². The van der Waals surface area contributed by atoms with E-state index in [2.05, 4.69) is 15.4 Å². The van der Waals surface area contributed by atoms with Gasteiger partial charge in [-0.25, -0.2) is 0 Å². The molecule has 0 bridgehead atoms. The van der Waals surface area contributed by atoms with Gasteiger partial charge < -0.3 is 25.4 Å². The molecular formula is C23H22F5N3O6. The number of benzene rings is 2. The molecule has 0 aliphatic carbocycles. The van der Waals surface area contributed by atoms with Gasteiger partial charge in [0.25, 0.3) is 11.7 Å². The highest BCUT2D eigenvalue weighted by molar-refractivity contribution is 6.00. The van der Waals surface area contributed by atoms with Gasteiger partial charge in [-0.2, -0.15) is 22.0 Å². The summed E-state index contributed by atoms with van der Waals surface area (Å²) in [5, 5.41) is 6.37. The summed E-state index contributed by atoms with van der Waals surface area (Å²) < 4.78 is 72.0. The van der Waals surface area contributed by atoms with Gasteiger partial charge in [-0.15, -0.1) is 0 Å². The number of hydrogen-bond acceptors (Lipinski definition) is 6. The first-order valence-electron chi connectivity index (χ1n) is 10.5. The average molecular weight is 531 g/mol. The van der Waals surface area contributed by atoms with E-state index in [1.165, 1.54) is 56.5 Å². The van der Waals surface area contributed by atoms with Crippen LogP contribution in [-0.2, 0) is 14.4 Å². The zero-order valence-corrected chi connectivity index (χ0v) is 19.4. The molecule has 3 amide bonds. The lowest BCUT2D eigenvalue weighted by atomic mass is 10.0. The van der Waals surface area contributed by atoms with Crippen molar-refractivity contribution >= 4 is 23.5 Å². The molecule has 0 aliphatic heterocycles. The zero-order chi connectivity index (χ0) is 27.8. The highest BCUT2D eigenvalue weighted by Crippen LogP contribution is 2.21. The Kier molecular flexibility index (Phi) is 9.91. The highest BCUT2D eigenvalue weighted by Gasteiger charge is 2.38. The summed E-state index contributed by atoms with van der Waals surface area (Å²) in [6.45, 7) is -3.35. The maximum Gasteiger partial charge on any atom is 0.451 e. The maximum absolute atomic E-state index is 12.8. The first-order chi connectivity index (χ1) is 17.3. The van der Waals surface area contributed by atoms with Gasteiger partial charge in [-0.3, -0.25) is 19.2 Å². The van der Waals surface area contributed by atoms with E-state index in [9.17, 15) is 41.1 Å². The lowest BCUT2D eigenvalue weighted by Gasteiger charge is -2.22. The minimum absolute atomic E-state index is 0.125. The molecule has 200 valence electrons. The summed E-state index contributed by atoms with van der Waals surface area (Å²) >= 11 is 0. The van der Waals surface area contributed by atoms with Gasteiger partial charge in [-0.1, -0.05) is 24.3 Å². The smallest absolute Gasteiger partial charge is 0.451 e. The van der Waals surface area contributed by atoms with Gasteiger partial charge in [0.05, 0.1) is 19.2 Å². The van der Waals surface area contributed by atoms with Crippen molar-refractivity contribution in [3.63, 3.8) is 0 Å². The number of amides is 3. The van der Waals surface area contributed by atoms with Crippen molar-refractivity contribution in [1.82, 2.24) is 16.0 Å². The topological polar surface area (TPSA) is 123 Å². The molecule has 0 aliphatic rings. The number of rotatable bonds is 11. The molecule has 2 atom stereocenters. The van der Waals surface area contributed by atoms with E-state index < -0.39 is 60.7 Å². The first-order valence-corrected chi connectivity index (χ1v) is 10.5. The number of ketones is 1. The summed E-state index contributed by atoms with van der Waals surface area (Å²) in [5.74, 6) is -5.28. The van der Waals surface area contributed by atoms with Crippen LogP contribution in [0, 0.1) is 0 Å². The van der Waals surface area contributed by atoms with Crippen molar-refractivity contribution in [3.05, 3.63) is 59.7 Å². The van der Waals surface area contributed by atoms with Crippen molar-refractivity contribution < 1.29 is 50.6 Å². The fourth-order valence-electron chi connectivity index (χ4n) is 2.93. The monoisotopic (exact) mass is 531 g/mol. The molecule has 0 fully saturated rings. The predicted octanol–water partition coefficient (Wildman–Crippen LogP) is 2.52. The second kappa shape index (κ2) is 12.6. The molecule has 0 saturated carbocycles. The van der Waals surface area contributed by atoms with Crippen LogP contribution in [-0.4, -0.2) is 56.0 Å². The standard InChI is InChI=1S/C23H22F5N3O6/c1-12(30-20(34)15-5-3-4-6-16(15)37-22(24)25)19(33)31-18(13-7-9-14(36-2)10-8-13)21(35)29-11-17(32)23(26,27)28/h3-10,12,18,22H,11H2,1-2H3,(H,29,35)(H,30,34)(H,31,33)/t12-,18?/m0/s1. The highest BCUT2D eigenvalue weighted by atomic mass is 19.4. The summed E-state index contributed by atoms with van der Waals surface area (Å²) in [4.78, 5) is 49.1. The second-order valence-corrected chi connectivity index (χ2v) is 7.42. The number of hydrogen-bond donors (Lipinski definition) is 3. The lowest BCUT2D eigenvalue weighted by Crippen LogP contribution is -2.49. The minimum atomic E-state index is -5.17. The summed E-state index contributed by atoms with van der Waals surface area (Å²) in [6.07, 6.45) is -5.17. The molecule has 1 unspecified atom stereocenters. The SMILES string of the molecule is COc1ccc(C(NC(=O)[C@H](C)NC(=O)c2ccccc2OC(F)F)C(=O)NCC(=O)C(F)(F)F)cc1. The number of ether oxygens (including phenoxy) is 2. The van der Waals surface area contributed by atoms with E-state index in [0.717, 1.165) is 6.07 Å². The zero-order valence-electron chi connectivity index (χ0n) is 19.4. The largest absolute Gasteiger partial charge is 0.497 e. The van der Waals surface area contributed by atoms with Crippen LogP contribution in [0.3, 0.4) is 0 Å². The summed E-state index contributed by atoms with van der Waals surface area (Å²) in [5.41, 5.74) is -0.169. The third-order valence-electron chi connectivity index (χ3n) is 4.83. The Morgan fingerprint density at radius 2 is 1.54 bits per heavy atom. The fourth-order valence-corrected chi connectivity index (χ4v) is 2.93. The Morgan fingerprint density at radius 3 is 2.11 bits per heavy atom. The summed E-state index contributed by atoms with van der Waals surface area (Å²) in [7, 11) is 1.37. The van der Waals surface area contributed by atoms with Crippen LogP contribution in [0.4, 0.5) is 22.0 Å². The van der Waals surface area contributed by atoms with Crippen LogP contribution in [0.5, 0.6) is 11.5 Å². The second-order valence-electron chi connectivity index (χ2n) is 7.42. The van der Waals surface area contributed by atoms with Crippen LogP contribution in [0.1, 0.15) is 28.9 Å². The van der Waals surface area contributed by atoms with Gasteiger partial charge in [-0.05, 0) is 36.8 Å². The molecule has 2 rings (SSSR count). The first kappa shape index (κ1) is 29.0. The Labute approximate surface area is 207 Å². The van der Waals surface area contributed by atoms with Gasteiger partial charge in [0.2, 0.25) is 11.8 Å². The third-order valence-corrected chi connectivity index (χ3v) is 4.83. The number of Topliss-reactive ketones (excluding diaryl/α,β-unsaturated/α-hetero) is 1. The molecule has 14 heteroatoms. The van der Waals surface area contributed by atoms with Gasteiger partial charge in [0.1, 0.15) is 23.6 Å². The van der Waals surface area contributed by atoms with E-state index in [4.69, 9.17) is 4.74 Å². The van der Waals surface area contributed by atoms with Crippen LogP contribution >= 0.6 is 0 Å². The number of alkyl halides is 5. The molecule has 2 aromatic carbocycles. The van der Waals surface area contributed by atoms with Crippen molar-refractivity contribution in [2.24, 2.45) is 0 Å². The molecule has 0 saturated heterocycles. The normalized spacial score (nSPS) is 12.8. The van der Waals surface area contributed by atoms with E-state index in [0.29, 0.717) is 5.75 Å². The fraction of sp³-hybridized carbons (Fsp3) is 0.304. The Hall–Kier alpha value is -4.23. The van der Waals surface area contributed by atoms with E-state index >= 15 is 0 Å². The number of carbonyl (C=O) groups excluding carboxylic acids is 4. The number of carbonyl (C=O) groups is 4. The maximum atomic E-state index is 12.8. The summed E-state index contributed by atoms with van der Waals surface area (Å²) in [6, 6.07) is 7.70. The Bertz CT molecular complexity index is 1120. The number of methoxy groups -OCH3 is 1. The van der Waals surface area contributed by atoms with E-state index in [-0.39, 0.29) is 11.1 Å². The number of para-hydroxylation sites is 1. The number of halogens is 5. The van der Waals surface area contributed by atoms with E-state index in [1.54, 1.807) is 0 Å². The molecule has 0 aromatic heterocycles. The Morgan fingerprint density at radius 1 is 0.919 bits per heavy atom. The predicted molar refractivity (Wildman–Crippen MR) is 118 cm³/mol. The molecule has 0 heterocycles.